The molecule has 0 aliphatic carbocycles. The van der Waals surface area contributed by atoms with E-state index >= 15 is 0 Å². The van der Waals surface area contributed by atoms with Crippen LogP contribution >= 0.6 is 0 Å². The van der Waals surface area contributed by atoms with Crippen molar-refractivity contribution in [2.24, 2.45) is 0 Å². The number of hydrogen-bond acceptors (Lipinski definition) is 7. The first-order valence-electron chi connectivity index (χ1n) is 10.9. The molecule has 1 saturated heterocycles. The van der Waals surface area contributed by atoms with Gasteiger partial charge in [-0.25, -0.2) is 9.97 Å². The third-order valence-corrected chi connectivity index (χ3v) is 8.07. The van der Waals surface area contributed by atoms with E-state index in [4.69, 9.17) is 5.73 Å². The molecule has 2 aliphatic heterocycles. The molecule has 186 valence electrons. The molecule has 13 heteroatoms. The Morgan fingerprint density at radius 2 is 1.74 bits per heavy atom. The molecule has 0 radical (unpaired) electrons. The number of anilines is 2. The molecule has 1 fully saturated rings. The minimum atomic E-state index is -4.52. The van der Waals surface area contributed by atoms with Crippen LogP contribution in [0.3, 0.4) is 0 Å². The van der Waals surface area contributed by atoms with Crippen molar-refractivity contribution >= 4 is 21.7 Å². The van der Waals surface area contributed by atoms with Gasteiger partial charge in [-0.1, -0.05) is 0 Å². The van der Waals surface area contributed by atoms with E-state index in [9.17, 15) is 21.6 Å². The number of benzene rings is 1. The van der Waals surface area contributed by atoms with Crippen LogP contribution in [-0.2, 0) is 29.5 Å². The average molecular weight is 500 g/mol. The fraction of sp³-hybridized carbons (Fsp3) is 0.524. The summed E-state index contributed by atoms with van der Waals surface area (Å²) in [6.45, 7) is 5.73. The van der Waals surface area contributed by atoms with Gasteiger partial charge in [0, 0.05) is 44.0 Å². The van der Waals surface area contributed by atoms with Crippen molar-refractivity contribution < 1.29 is 21.6 Å². The van der Waals surface area contributed by atoms with Gasteiger partial charge in [-0.3, -0.25) is 0 Å². The number of fused-ring (bicyclic) bond motifs is 1. The lowest BCUT2D eigenvalue weighted by atomic mass is 10.0. The molecule has 34 heavy (non-hydrogen) atoms. The summed E-state index contributed by atoms with van der Waals surface area (Å²) in [5.41, 5.74) is 6.44. The minimum Gasteiger partial charge on any atom is -0.399 e. The largest absolute Gasteiger partial charge is 0.416 e. The van der Waals surface area contributed by atoms with E-state index in [2.05, 4.69) is 20.2 Å². The van der Waals surface area contributed by atoms with Crippen LogP contribution in [-0.4, -0.2) is 65.1 Å². The zero-order chi connectivity index (χ0) is 24.8. The van der Waals surface area contributed by atoms with Crippen molar-refractivity contribution in [1.29, 1.82) is 0 Å². The zero-order valence-corrected chi connectivity index (χ0v) is 20.0. The van der Waals surface area contributed by atoms with Gasteiger partial charge in [0.2, 0.25) is 0 Å². The lowest BCUT2D eigenvalue weighted by Crippen LogP contribution is -2.51. The van der Waals surface area contributed by atoms with E-state index in [1.807, 2.05) is 7.05 Å². The number of nitrogens with one attached hydrogen (secondary N) is 1. The third-order valence-electron chi connectivity index (χ3n) is 6.14. The fourth-order valence-electron chi connectivity index (χ4n) is 4.19. The van der Waals surface area contributed by atoms with Gasteiger partial charge in [0.05, 0.1) is 23.8 Å². The van der Waals surface area contributed by atoms with Crippen LogP contribution in [0.1, 0.15) is 41.2 Å². The van der Waals surface area contributed by atoms with Crippen molar-refractivity contribution in [2.75, 3.05) is 44.3 Å². The number of piperazine rings is 1. The number of likely N-dealkylation sites (N-methyl/N-ethyl adjacent to an activating group) is 1. The highest BCUT2D eigenvalue weighted by Gasteiger charge is 2.38. The van der Waals surface area contributed by atoms with Crippen LogP contribution in [0.2, 0.25) is 0 Å². The van der Waals surface area contributed by atoms with Gasteiger partial charge < -0.3 is 16.0 Å². The van der Waals surface area contributed by atoms with Gasteiger partial charge >= 0.3 is 6.18 Å². The lowest BCUT2D eigenvalue weighted by Gasteiger charge is -2.33. The van der Waals surface area contributed by atoms with E-state index in [1.165, 1.54) is 14.7 Å². The molecule has 1 aromatic carbocycles. The molecule has 2 aliphatic rings. The Morgan fingerprint density at radius 3 is 2.38 bits per heavy atom. The lowest BCUT2D eigenvalue weighted by molar-refractivity contribution is -0.137. The molecule has 0 bridgehead atoms. The van der Waals surface area contributed by atoms with Crippen LogP contribution in [0.5, 0.6) is 0 Å². The van der Waals surface area contributed by atoms with E-state index in [1.54, 1.807) is 13.8 Å². The maximum absolute atomic E-state index is 13.2. The molecule has 2 aromatic rings. The molecular weight excluding hydrogens is 471 g/mol. The van der Waals surface area contributed by atoms with Crippen molar-refractivity contribution in [2.45, 2.75) is 39.2 Å². The average Bonchev–Trinajstić information content (AvgIpc) is 3.18. The van der Waals surface area contributed by atoms with Gasteiger partial charge in [0.1, 0.15) is 11.6 Å². The van der Waals surface area contributed by atoms with Crippen LogP contribution < -0.4 is 11.1 Å². The maximum atomic E-state index is 13.2. The first-order chi connectivity index (χ1) is 15.8. The van der Waals surface area contributed by atoms with Gasteiger partial charge in [-0.05, 0) is 44.7 Å². The zero-order valence-electron chi connectivity index (χ0n) is 19.2. The summed E-state index contributed by atoms with van der Waals surface area (Å²) in [6, 6.07) is 2.85. The molecule has 9 nitrogen and oxygen atoms in total. The number of aryl methyl sites for hydroxylation is 1. The monoisotopic (exact) mass is 499 g/mol. The Balaban J connectivity index is 1.58. The molecule has 1 aromatic heterocycles. The molecule has 1 unspecified atom stereocenters. The summed E-state index contributed by atoms with van der Waals surface area (Å²) in [7, 11) is -1.74. The highest BCUT2D eigenvalue weighted by molar-refractivity contribution is 7.86. The van der Waals surface area contributed by atoms with Gasteiger partial charge in [0.15, 0.2) is 0 Å². The van der Waals surface area contributed by atoms with Crippen LogP contribution in [0, 0.1) is 6.92 Å². The Hall–Kier alpha value is -2.48. The second-order valence-corrected chi connectivity index (χ2v) is 10.7. The maximum Gasteiger partial charge on any atom is 0.416 e. The number of aromatic nitrogens is 2. The summed E-state index contributed by atoms with van der Waals surface area (Å²) in [6.07, 6.45) is -4.52. The second kappa shape index (κ2) is 8.95. The molecule has 0 spiro atoms. The van der Waals surface area contributed by atoms with E-state index < -0.39 is 28.0 Å². The van der Waals surface area contributed by atoms with Crippen LogP contribution in [0.15, 0.2) is 18.2 Å². The van der Waals surface area contributed by atoms with Crippen LogP contribution in [0.4, 0.5) is 24.7 Å². The summed E-state index contributed by atoms with van der Waals surface area (Å²) in [5, 5.41) is 3.15. The number of nitrogens with zero attached hydrogens (tertiary/aromatic N) is 5. The number of alkyl halides is 3. The first kappa shape index (κ1) is 24.6. The van der Waals surface area contributed by atoms with Crippen molar-refractivity contribution in [3.63, 3.8) is 0 Å². The van der Waals surface area contributed by atoms with E-state index in [0.717, 1.165) is 12.1 Å². The summed E-state index contributed by atoms with van der Waals surface area (Å²) in [4.78, 5) is 10.9. The first-order valence-corrected chi connectivity index (χ1v) is 12.3. The third kappa shape index (κ3) is 4.97. The topological polar surface area (TPSA) is 108 Å². The molecular formula is C21H28F3N7O2S. The van der Waals surface area contributed by atoms with Gasteiger partial charge in [-0.2, -0.15) is 30.2 Å². The Labute approximate surface area is 196 Å². The fourth-order valence-corrected chi connectivity index (χ4v) is 5.72. The molecule has 4 rings (SSSR count). The Morgan fingerprint density at radius 1 is 1.06 bits per heavy atom. The molecule has 0 amide bonds. The van der Waals surface area contributed by atoms with Gasteiger partial charge in [0.25, 0.3) is 10.2 Å². The van der Waals surface area contributed by atoms with E-state index in [-0.39, 0.29) is 18.8 Å². The molecule has 1 atom stereocenters. The standard InChI is InChI=1S/C21H28F3N7O2S/c1-13(15-8-16(21(22,23)24)10-17(25)9-15)26-20-18-11-31(12-19(18)27-14(2)28-20)34(32,33)30-6-4-29(3)5-7-30/h8-10,13H,4-7,11-12,25H2,1-3H3,(H,26,27,28). The Bertz CT molecular complexity index is 1180. The Kier molecular flexibility index (Phi) is 6.48. The SMILES string of the molecule is Cc1nc2c(c(NC(C)c3cc(N)cc(C(F)(F)F)c3)n1)CN(S(=O)(=O)N1CCN(C)CC1)C2. The van der Waals surface area contributed by atoms with Gasteiger partial charge in [-0.15, -0.1) is 0 Å². The normalized spacial score (nSPS) is 19.2. The smallest absolute Gasteiger partial charge is 0.399 e. The number of hydrogen-bond donors (Lipinski definition) is 2. The summed E-state index contributed by atoms with van der Waals surface area (Å²) < 4.78 is 69.0. The highest BCUT2D eigenvalue weighted by Crippen LogP contribution is 2.35. The predicted molar refractivity (Wildman–Crippen MR) is 122 cm³/mol. The number of nitrogens with two attached hydrogens (primary N) is 1. The van der Waals surface area contributed by atoms with Crippen molar-refractivity contribution in [3.05, 3.63) is 46.4 Å². The quantitative estimate of drug-likeness (QED) is 0.608. The minimum absolute atomic E-state index is 0.00650. The van der Waals surface area contributed by atoms with Crippen molar-refractivity contribution in [3.8, 4) is 0 Å². The number of halogens is 3. The number of rotatable bonds is 5. The summed E-state index contributed by atoms with van der Waals surface area (Å²) >= 11 is 0. The molecule has 3 heterocycles. The van der Waals surface area contributed by atoms with E-state index in [0.29, 0.717) is 54.6 Å². The van der Waals surface area contributed by atoms with Crippen molar-refractivity contribution in [1.82, 2.24) is 23.5 Å². The number of nitrogen functional groups attached to an aromatic ring is 1. The highest BCUT2D eigenvalue weighted by atomic mass is 32.2. The van der Waals surface area contributed by atoms with Crippen LogP contribution in [0.25, 0.3) is 0 Å². The summed E-state index contributed by atoms with van der Waals surface area (Å²) in [5.74, 6) is 0.845. The molecule has 0 saturated carbocycles. The second-order valence-electron chi connectivity index (χ2n) is 8.77. The predicted octanol–water partition coefficient (Wildman–Crippen LogP) is 2.37. The molecule has 3 N–H and O–H groups in total.